The van der Waals surface area contributed by atoms with Gasteiger partial charge in [0.2, 0.25) is 0 Å². The van der Waals surface area contributed by atoms with E-state index < -0.39 is 6.03 Å². The summed E-state index contributed by atoms with van der Waals surface area (Å²) in [5, 5.41) is 5.02. The zero-order valence-electron chi connectivity index (χ0n) is 10.8. The largest absolute Gasteiger partial charge is 0.370 e. The van der Waals surface area contributed by atoms with Crippen molar-refractivity contribution in [1.29, 1.82) is 0 Å². The number of rotatable bonds is 2. The van der Waals surface area contributed by atoms with Crippen molar-refractivity contribution in [1.82, 2.24) is 10.6 Å². The molecule has 0 aromatic heterocycles. The molecule has 1 aliphatic heterocycles. The molecule has 1 aliphatic rings. The molecule has 0 aliphatic carbocycles. The summed E-state index contributed by atoms with van der Waals surface area (Å²) < 4.78 is 5.20. The van der Waals surface area contributed by atoms with E-state index in [0.29, 0.717) is 19.8 Å². The zero-order chi connectivity index (χ0) is 12.9. The molecule has 17 heavy (non-hydrogen) atoms. The maximum Gasteiger partial charge on any atom is 0.322 e. The highest BCUT2D eigenvalue weighted by molar-refractivity contribution is 5.94. The molecule has 0 unspecified atom stereocenters. The third kappa shape index (κ3) is 6.23. The first-order chi connectivity index (χ1) is 7.87. The SMILES string of the molecule is CC(C)(C)NC(=O)NC(=O)C[NH+]1CCOCC1. The lowest BCUT2D eigenvalue weighted by atomic mass is 10.1. The van der Waals surface area contributed by atoms with E-state index >= 15 is 0 Å². The average molecular weight is 244 g/mol. The predicted octanol–water partition coefficient (Wildman–Crippen LogP) is -1.47. The van der Waals surface area contributed by atoms with Crippen molar-refractivity contribution in [3.8, 4) is 0 Å². The molecule has 0 radical (unpaired) electrons. The molecule has 6 nitrogen and oxygen atoms in total. The summed E-state index contributed by atoms with van der Waals surface area (Å²) in [4.78, 5) is 24.2. The van der Waals surface area contributed by atoms with Crippen molar-refractivity contribution in [2.45, 2.75) is 26.3 Å². The second-order valence-electron chi connectivity index (χ2n) is 5.29. The Morgan fingerprint density at radius 2 is 1.82 bits per heavy atom. The molecule has 1 fully saturated rings. The van der Waals surface area contributed by atoms with Gasteiger partial charge in [-0.2, -0.15) is 0 Å². The van der Waals surface area contributed by atoms with E-state index in [4.69, 9.17) is 4.74 Å². The van der Waals surface area contributed by atoms with Gasteiger partial charge >= 0.3 is 6.03 Å². The Morgan fingerprint density at radius 1 is 1.24 bits per heavy atom. The lowest BCUT2D eigenvalue weighted by molar-refractivity contribution is -0.900. The van der Waals surface area contributed by atoms with Gasteiger partial charge in [0.15, 0.2) is 6.54 Å². The van der Waals surface area contributed by atoms with E-state index in [1.54, 1.807) is 0 Å². The monoisotopic (exact) mass is 244 g/mol. The van der Waals surface area contributed by atoms with Crippen molar-refractivity contribution >= 4 is 11.9 Å². The van der Waals surface area contributed by atoms with Gasteiger partial charge in [-0.1, -0.05) is 0 Å². The summed E-state index contributed by atoms with van der Waals surface area (Å²) >= 11 is 0. The van der Waals surface area contributed by atoms with Crippen LogP contribution in [0.1, 0.15) is 20.8 Å². The molecule has 0 spiro atoms. The van der Waals surface area contributed by atoms with Crippen LogP contribution < -0.4 is 15.5 Å². The summed E-state index contributed by atoms with van der Waals surface area (Å²) in [7, 11) is 0. The van der Waals surface area contributed by atoms with E-state index in [-0.39, 0.29) is 11.4 Å². The quantitative estimate of drug-likeness (QED) is 0.555. The fraction of sp³-hybridized carbons (Fsp3) is 0.818. The lowest BCUT2D eigenvalue weighted by Crippen LogP contribution is -3.15. The van der Waals surface area contributed by atoms with Crippen molar-refractivity contribution < 1.29 is 19.2 Å². The molecule has 3 N–H and O–H groups in total. The first-order valence-electron chi connectivity index (χ1n) is 5.90. The highest BCUT2D eigenvalue weighted by atomic mass is 16.5. The maximum atomic E-state index is 11.6. The Kier molecular flexibility index (Phi) is 4.89. The molecule has 0 aromatic carbocycles. The lowest BCUT2D eigenvalue weighted by Gasteiger charge is -2.24. The van der Waals surface area contributed by atoms with E-state index in [0.717, 1.165) is 18.0 Å². The molecule has 0 atom stereocenters. The number of imide groups is 1. The van der Waals surface area contributed by atoms with Gasteiger partial charge in [-0.3, -0.25) is 10.1 Å². The van der Waals surface area contributed by atoms with Crippen molar-refractivity contribution in [3.05, 3.63) is 0 Å². The number of hydrogen-bond donors (Lipinski definition) is 3. The molecule has 3 amide bonds. The van der Waals surface area contributed by atoms with Gasteiger partial charge in [0.05, 0.1) is 13.2 Å². The number of ether oxygens (including phenoxy) is 1. The number of urea groups is 1. The molecule has 6 heteroatoms. The number of carbonyl (C=O) groups is 2. The maximum absolute atomic E-state index is 11.6. The van der Waals surface area contributed by atoms with Crippen LogP contribution in [-0.2, 0) is 9.53 Å². The van der Waals surface area contributed by atoms with Crippen LogP contribution in [0, 0.1) is 0 Å². The van der Waals surface area contributed by atoms with Crippen LogP contribution in [-0.4, -0.2) is 50.3 Å². The van der Waals surface area contributed by atoms with Crippen molar-refractivity contribution in [3.63, 3.8) is 0 Å². The third-order valence-electron chi connectivity index (χ3n) is 2.35. The number of amides is 3. The first-order valence-corrected chi connectivity index (χ1v) is 5.90. The number of hydrogen-bond acceptors (Lipinski definition) is 3. The topological polar surface area (TPSA) is 71.9 Å². The smallest absolute Gasteiger partial charge is 0.322 e. The van der Waals surface area contributed by atoms with Crippen LogP contribution in [0.5, 0.6) is 0 Å². The third-order valence-corrected chi connectivity index (χ3v) is 2.35. The standard InChI is InChI=1S/C11H21N3O3/c1-11(2,3)13-10(16)12-9(15)8-14-4-6-17-7-5-14/h4-8H2,1-3H3,(H2,12,13,15,16)/p+1. The molecule has 0 bridgehead atoms. The Morgan fingerprint density at radius 3 is 2.35 bits per heavy atom. The molecular formula is C11H22N3O3+. The molecule has 0 aromatic rings. The molecule has 1 heterocycles. The normalized spacial score (nSPS) is 17.6. The molecular weight excluding hydrogens is 222 g/mol. The van der Waals surface area contributed by atoms with E-state index in [1.807, 2.05) is 20.8 Å². The van der Waals surface area contributed by atoms with Gasteiger partial charge in [-0.25, -0.2) is 4.79 Å². The molecule has 1 saturated heterocycles. The second-order valence-corrected chi connectivity index (χ2v) is 5.29. The van der Waals surface area contributed by atoms with Crippen LogP contribution in [0.4, 0.5) is 4.79 Å². The van der Waals surface area contributed by atoms with Crippen LogP contribution in [0.25, 0.3) is 0 Å². The van der Waals surface area contributed by atoms with Crippen LogP contribution in [0.3, 0.4) is 0 Å². The first kappa shape index (κ1) is 13.9. The van der Waals surface area contributed by atoms with Crippen LogP contribution >= 0.6 is 0 Å². The van der Waals surface area contributed by atoms with Crippen molar-refractivity contribution in [2.75, 3.05) is 32.8 Å². The minimum atomic E-state index is -0.435. The molecule has 0 saturated carbocycles. The number of morpholine rings is 1. The highest BCUT2D eigenvalue weighted by Gasteiger charge is 2.20. The number of quaternary nitrogens is 1. The van der Waals surface area contributed by atoms with E-state index in [1.165, 1.54) is 0 Å². The molecule has 98 valence electrons. The fourth-order valence-corrected chi connectivity index (χ4v) is 1.61. The van der Waals surface area contributed by atoms with Gasteiger partial charge in [0.1, 0.15) is 13.1 Å². The van der Waals surface area contributed by atoms with Gasteiger partial charge < -0.3 is 15.0 Å². The summed E-state index contributed by atoms with van der Waals surface area (Å²) in [6, 6.07) is -0.435. The highest BCUT2D eigenvalue weighted by Crippen LogP contribution is 1.96. The Labute approximate surface area is 102 Å². The summed E-state index contributed by atoms with van der Waals surface area (Å²) in [5.41, 5.74) is -0.337. The van der Waals surface area contributed by atoms with Crippen LogP contribution in [0.15, 0.2) is 0 Å². The predicted molar refractivity (Wildman–Crippen MR) is 62.8 cm³/mol. The Hall–Kier alpha value is -1.14. The average Bonchev–Trinajstić information content (AvgIpc) is 2.15. The summed E-state index contributed by atoms with van der Waals surface area (Å²) in [6.45, 7) is 8.90. The number of nitrogens with one attached hydrogen (secondary N) is 3. The van der Waals surface area contributed by atoms with Crippen LogP contribution in [0.2, 0.25) is 0 Å². The fourth-order valence-electron chi connectivity index (χ4n) is 1.61. The number of carbonyl (C=O) groups excluding carboxylic acids is 2. The minimum absolute atomic E-state index is 0.247. The van der Waals surface area contributed by atoms with Gasteiger partial charge in [-0.05, 0) is 20.8 Å². The van der Waals surface area contributed by atoms with E-state index in [9.17, 15) is 9.59 Å². The summed E-state index contributed by atoms with van der Waals surface area (Å²) in [6.07, 6.45) is 0. The summed E-state index contributed by atoms with van der Waals surface area (Å²) in [5.74, 6) is -0.247. The van der Waals surface area contributed by atoms with Crippen molar-refractivity contribution in [2.24, 2.45) is 0 Å². The molecule has 1 rings (SSSR count). The minimum Gasteiger partial charge on any atom is -0.370 e. The zero-order valence-corrected chi connectivity index (χ0v) is 10.8. The van der Waals surface area contributed by atoms with Gasteiger partial charge in [0, 0.05) is 5.54 Å². The second kappa shape index (κ2) is 5.97. The van der Waals surface area contributed by atoms with Gasteiger partial charge in [-0.15, -0.1) is 0 Å². The Balaban J connectivity index is 2.26. The van der Waals surface area contributed by atoms with E-state index in [2.05, 4.69) is 10.6 Å². The Bertz CT molecular complexity index is 280. The van der Waals surface area contributed by atoms with Gasteiger partial charge in [0.25, 0.3) is 5.91 Å².